The van der Waals surface area contributed by atoms with Crippen molar-refractivity contribution in [2.45, 2.75) is 38.3 Å². The minimum absolute atomic E-state index is 0.0491. The number of ether oxygens (including phenoxy) is 1. The van der Waals surface area contributed by atoms with Gasteiger partial charge in [-0.15, -0.1) is 0 Å². The van der Waals surface area contributed by atoms with Crippen LogP contribution in [0, 0.1) is 5.92 Å². The van der Waals surface area contributed by atoms with Gasteiger partial charge in [0.15, 0.2) is 0 Å². The highest BCUT2D eigenvalue weighted by Crippen LogP contribution is 2.33. The lowest BCUT2D eigenvalue weighted by Gasteiger charge is -2.25. The molecule has 0 radical (unpaired) electrons. The summed E-state index contributed by atoms with van der Waals surface area (Å²) < 4.78 is 44.4. The Morgan fingerprint density at radius 3 is 2.00 bits per heavy atom. The Morgan fingerprint density at radius 1 is 0.787 bits per heavy atom. The zero-order valence-corrected chi connectivity index (χ0v) is 25.5. The molecular formula is C36H32F3NO7. The third-order valence-corrected chi connectivity index (χ3v) is 7.54. The highest BCUT2D eigenvalue weighted by atomic mass is 19.4. The number of carboxylic acid groups (broad SMARTS) is 2. The Hall–Kier alpha value is -5.45. The van der Waals surface area contributed by atoms with E-state index in [4.69, 9.17) is 4.74 Å². The lowest BCUT2D eigenvalue weighted by atomic mass is 9.81. The number of carbonyl (C=O) groups is 4. The first-order chi connectivity index (χ1) is 22.2. The van der Waals surface area contributed by atoms with Gasteiger partial charge in [0.05, 0.1) is 12.0 Å². The Labute approximate surface area is 268 Å². The second-order valence-corrected chi connectivity index (χ2v) is 11.4. The molecule has 8 nitrogen and oxygen atoms in total. The van der Waals surface area contributed by atoms with Gasteiger partial charge in [0.1, 0.15) is 6.61 Å². The molecule has 4 aromatic carbocycles. The van der Waals surface area contributed by atoms with Crippen molar-refractivity contribution >= 4 is 29.5 Å². The van der Waals surface area contributed by atoms with E-state index in [1.54, 1.807) is 48.5 Å². The minimum Gasteiger partial charge on any atom is -0.480 e. The Morgan fingerprint density at radius 2 is 1.40 bits per heavy atom. The molecule has 0 saturated heterocycles. The molecule has 47 heavy (non-hydrogen) atoms. The SMILES string of the molecule is CC(C)Cc1cc(CC(=O)OCC(C(=O)O)(C(=O)O)c2ccccc2)ccc1NC(=O)c1ccccc1-c1ccc(C(F)(F)F)cc1. The van der Waals surface area contributed by atoms with E-state index in [0.29, 0.717) is 34.4 Å². The summed E-state index contributed by atoms with van der Waals surface area (Å²) in [5, 5.41) is 22.5. The van der Waals surface area contributed by atoms with Crippen LogP contribution < -0.4 is 5.32 Å². The van der Waals surface area contributed by atoms with Crippen molar-refractivity contribution < 1.29 is 47.3 Å². The predicted molar refractivity (Wildman–Crippen MR) is 168 cm³/mol. The molecular weight excluding hydrogens is 615 g/mol. The van der Waals surface area contributed by atoms with Crippen molar-refractivity contribution in [2.75, 3.05) is 11.9 Å². The van der Waals surface area contributed by atoms with E-state index in [2.05, 4.69) is 5.32 Å². The van der Waals surface area contributed by atoms with Crippen LogP contribution in [0.3, 0.4) is 0 Å². The fourth-order valence-electron chi connectivity index (χ4n) is 5.12. The number of hydrogen-bond donors (Lipinski definition) is 3. The summed E-state index contributed by atoms with van der Waals surface area (Å²) in [5.41, 5.74) is -0.580. The van der Waals surface area contributed by atoms with Crippen LogP contribution in [-0.4, -0.2) is 40.6 Å². The summed E-state index contributed by atoms with van der Waals surface area (Å²) in [7, 11) is 0. The van der Waals surface area contributed by atoms with Gasteiger partial charge in [-0.3, -0.25) is 19.2 Å². The molecule has 0 aliphatic rings. The molecule has 11 heteroatoms. The van der Waals surface area contributed by atoms with Crippen molar-refractivity contribution in [1.82, 2.24) is 0 Å². The number of hydrogen-bond acceptors (Lipinski definition) is 5. The second-order valence-electron chi connectivity index (χ2n) is 11.4. The Bertz CT molecular complexity index is 1750. The molecule has 0 spiro atoms. The second kappa shape index (κ2) is 14.3. The number of anilines is 1. The highest BCUT2D eigenvalue weighted by Gasteiger charge is 2.50. The summed E-state index contributed by atoms with van der Waals surface area (Å²) in [6.45, 7) is 3.01. The van der Waals surface area contributed by atoms with Crippen molar-refractivity contribution in [2.24, 2.45) is 5.92 Å². The maximum atomic E-state index is 13.5. The molecule has 0 heterocycles. The number of esters is 1. The van der Waals surface area contributed by atoms with Gasteiger partial charge < -0.3 is 20.3 Å². The van der Waals surface area contributed by atoms with Crippen LogP contribution in [0.4, 0.5) is 18.9 Å². The smallest absolute Gasteiger partial charge is 0.416 e. The molecule has 1 amide bonds. The van der Waals surface area contributed by atoms with E-state index in [1.807, 2.05) is 13.8 Å². The Balaban J connectivity index is 1.54. The summed E-state index contributed by atoms with van der Waals surface area (Å²) in [4.78, 5) is 50.5. The molecule has 0 aliphatic carbocycles. The first-order valence-corrected chi connectivity index (χ1v) is 14.6. The van der Waals surface area contributed by atoms with Gasteiger partial charge >= 0.3 is 24.1 Å². The van der Waals surface area contributed by atoms with E-state index >= 15 is 0 Å². The van der Waals surface area contributed by atoms with Crippen LogP contribution in [0.5, 0.6) is 0 Å². The van der Waals surface area contributed by atoms with Crippen molar-refractivity contribution in [3.63, 3.8) is 0 Å². The summed E-state index contributed by atoms with van der Waals surface area (Å²) >= 11 is 0. The summed E-state index contributed by atoms with van der Waals surface area (Å²) in [6.07, 6.45) is -4.27. The summed E-state index contributed by atoms with van der Waals surface area (Å²) in [6, 6.07) is 23.2. The van der Waals surface area contributed by atoms with Crippen LogP contribution in [0.1, 0.15) is 46.5 Å². The van der Waals surface area contributed by atoms with Crippen LogP contribution in [0.15, 0.2) is 97.1 Å². The molecule has 0 aliphatic heterocycles. The third-order valence-electron chi connectivity index (χ3n) is 7.54. The molecule has 0 atom stereocenters. The van der Waals surface area contributed by atoms with E-state index in [0.717, 1.165) is 12.1 Å². The number of halogens is 3. The highest BCUT2D eigenvalue weighted by molar-refractivity contribution is 6.09. The van der Waals surface area contributed by atoms with Crippen LogP contribution in [0.25, 0.3) is 11.1 Å². The average molecular weight is 648 g/mol. The third kappa shape index (κ3) is 8.04. The number of alkyl halides is 3. The standard InChI is InChI=1S/C36H32F3NO7/c1-22(2)18-25-19-23(20-31(41)47-21-35(33(43)44,34(45)46)26-8-4-3-5-9-26)12-17-30(25)40-32(42)29-11-7-6-10-28(29)24-13-15-27(16-14-24)36(37,38)39/h3-17,19,22H,18,20-21H2,1-2H3,(H,40,42)(H,43,44)(H,45,46). The Kier molecular flexibility index (Phi) is 10.5. The minimum atomic E-state index is -4.49. The van der Waals surface area contributed by atoms with Gasteiger partial charge in [0, 0.05) is 11.3 Å². The van der Waals surface area contributed by atoms with Gasteiger partial charge in [0.25, 0.3) is 5.91 Å². The molecule has 0 fully saturated rings. The van der Waals surface area contributed by atoms with Gasteiger partial charge in [0.2, 0.25) is 5.41 Å². The monoisotopic (exact) mass is 647 g/mol. The lowest BCUT2D eigenvalue weighted by Crippen LogP contribution is -2.48. The zero-order valence-electron chi connectivity index (χ0n) is 25.5. The molecule has 244 valence electrons. The zero-order chi connectivity index (χ0) is 34.4. The molecule has 0 aromatic heterocycles. The number of benzene rings is 4. The van der Waals surface area contributed by atoms with E-state index < -0.39 is 47.6 Å². The molecule has 4 aromatic rings. The van der Waals surface area contributed by atoms with Crippen molar-refractivity contribution in [3.8, 4) is 11.1 Å². The number of amides is 1. The van der Waals surface area contributed by atoms with E-state index in [1.165, 1.54) is 36.4 Å². The number of carboxylic acids is 2. The van der Waals surface area contributed by atoms with Crippen molar-refractivity contribution in [3.05, 3.63) is 125 Å². The molecule has 3 N–H and O–H groups in total. The van der Waals surface area contributed by atoms with E-state index in [9.17, 15) is 42.6 Å². The lowest BCUT2D eigenvalue weighted by molar-refractivity contribution is -0.164. The molecule has 0 bridgehead atoms. The largest absolute Gasteiger partial charge is 0.480 e. The summed E-state index contributed by atoms with van der Waals surface area (Å²) in [5.74, 6) is -4.54. The number of nitrogens with one attached hydrogen (secondary N) is 1. The molecule has 0 saturated carbocycles. The normalized spacial score (nSPS) is 11.6. The van der Waals surface area contributed by atoms with Gasteiger partial charge in [-0.2, -0.15) is 13.2 Å². The van der Waals surface area contributed by atoms with Gasteiger partial charge in [-0.05, 0) is 64.4 Å². The van der Waals surface area contributed by atoms with Gasteiger partial charge in [-0.1, -0.05) is 86.6 Å². The molecule has 0 unspecified atom stereocenters. The fourth-order valence-corrected chi connectivity index (χ4v) is 5.12. The topological polar surface area (TPSA) is 130 Å². The first-order valence-electron chi connectivity index (χ1n) is 14.6. The fraction of sp³-hybridized carbons (Fsp3) is 0.222. The van der Waals surface area contributed by atoms with Crippen molar-refractivity contribution in [1.29, 1.82) is 0 Å². The first kappa shape index (κ1) is 34.4. The van der Waals surface area contributed by atoms with Crippen LogP contribution in [-0.2, 0) is 43.6 Å². The molecule has 4 rings (SSSR count). The van der Waals surface area contributed by atoms with Crippen LogP contribution in [0.2, 0.25) is 0 Å². The number of carbonyl (C=O) groups excluding carboxylic acids is 2. The number of rotatable bonds is 12. The quantitative estimate of drug-likeness (QED) is 0.111. The van der Waals surface area contributed by atoms with E-state index in [-0.39, 0.29) is 23.5 Å². The maximum Gasteiger partial charge on any atom is 0.416 e. The maximum absolute atomic E-state index is 13.5. The number of aliphatic carboxylic acids is 2. The predicted octanol–water partition coefficient (Wildman–Crippen LogP) is 7.02. The van der Waals surface area contributed by atoms with Crippen LogP contribution >= 0.6 is 0 Å². The van der Waals surface area contributed by atoms with Gasteiger partial charge in [-0.25, -0.2) is 0 Å². The average Bonchev–Trinajstić information content (AvgIpc) is 3.02.